The summed E-state index contributed by atoms with van der Waals surface area (Å²) in [5.41, 5.74) is -1.57. The molecule has 0 aromatic heterocycles. The molecular formula is C12H24O3. The summed E-state index contributed by atoms with van der Waals surface area (Å²) < 4.78 is 0. The zero-order valence-electron chi connectivity index (χ0n) is 10.1. The second-order valence-corrected chi connectivity index (χ2v) is 4.74. The number of aliphatic hydroxyl groups is 1. The first kappa shape index (κ1) is 14.4. The van der Waals surface area contributed by atoms with Crippen molar-refractivity contribution in [2.24, 2.45) is 5.92 Å². The van der Waals surface area contributed by atoms with E-state index in [1.54, 1.807) is 0 Å². The van der Waals surface area contributed by atoms with Crippen molar-refractivity contribution < 1.29 is 15.0 Å². The molecule has 0 spiro atoms. The molecule has 0 saturated heterocycles. The molecule has 0 amide bonds. The molecule has 2 N–H and O–H groups in total. The fourth-order valence-corrected chi connectivity index (χ4v) is 1.79. The molecule has 0 aliphatic heterocycles. The van der Waals surface area contributed by atoms with Gasteiger partial charge in [-0.25, -0.2) is 4.79 Å². The largest absolute Gasteiger partial charge is 0.479 e. The van der Waals surface area contributed by atoms with Crippen molar-refractivity contribution in [2.45, 2.75) is 64.9 Å². The van der Waals surface area contributed by atoms with Gasteiger partial charge in [-0.3, -0.25) is 0 Å². The number of carboxylic acids is 1. The Hall–Kier alpha value is -0.570. The molecule has 90 valence electrons. The van der Waals surface area contributed by atoms with E-state index < -0.39 is 11.6 Å². The number of aliphatic carboxylic acids is 1. The maximum atomic E-state index is 10.7. The Morgan fingerprint density at radius 1 is 1.33 bits per heavy atom. The molecule has 0 fully saturated rings. The highest BCUT2D eigenvalue weighted by Gasteiger charge is 2.31. The van der Waals surface area contributed by atoms with Gasteiger partial charge in [-0.1, -0.05) is 46.0 Å². The zero-order chi connectivity index (χ0) is 11.9. The lowest BCUT2D eigenvalue weighted by Gasteiger charge is -2.22. The van der Waals surface area contributed by atoms with E-state index in [1.165, 1.54) is 26.2 Å². The van der Waals surface area contributed by atoms with Crippen molar-refractivity contribution in [3.05, 3.63) is 0 Å². The van der Waals surface area contributed by atoms with E-state index in [2.05, 4.69) is 6.92 Å². The standard InChI is InChI=1S/C12H24O3/c1-4-5-6-7-8-10(2)9-12(3,15)11(13)14/h10,15H,4-9H2,1-3H3,(H,13,14). The molecule has 0 rings (SSSR count). The van der Waals surface area contributed by atoms with E-state index in [0.29, 0.717) is 6.42 Å². The van der Waals surface area contributed by atoms with E-state index in [1.807, 2.05) is 6.92 Å². The number of carbonyl (C=O) groups is 1. The molecule has 0 aliphatic rings. The van der Waals surface area contributed by atoms with Gasteiger partial charge in [0.25, 0.3) is 0 Å². The molecule has 3 nitrogen and oxygen atoms in total. The summed E-state index contributed by atoms with van der Waals surface area (Å²) >= 11 is 0. The first-order valence-electron chi connectivity index (χ1n) is 5.86. The predicted molar refractivity (Wildman–Crippen MR) is 60.8 cm³/mol. The maximum absolute atomic E-state index is 10.7. The van der Waals surface area contributed by atoms with Crippen LogP contribution in [0.5, 0.6) is 0 Å². The highest BCUT2D eigenvalue weighted by molar-refractivity contribution is 5.76. The van der Waals surface area contributed by atoms with Crippen LogP contribution >= 0.6 is 0 Å². The molecule has 3 heteroatoms. The lowest BCUT2D eigenvalue weighted by molar-refractivity contribution is -0.158. The third-order valence-corrected chi connectivity index (χ3v) is 2.76. The number of carboxylic acid groups (broad SMARTS) is 1. The van der Waals surface area contributed by atoms with Crippen molar-refractivity contribution >= 4 is 5.97 Å². The third-order valence-electron chi connectivity index (χ3n) is 2.76. The normalized spacial score (nSPS) is 17.1. The van der Waals surface area contributed by atoms with E-state index in [0.717, 1.165) is 12.8 Å². The smallest absolute Gasteiger partial charge is 0.335 e. The predicted octanol–water partition coefficient (Wildman–Crippen LogP) is 2.82. The van der Waals surface area contributed by atoms with Gasteiger partial charge < -0.3 is 10.2 Å². The monoisotopic (exact) mass is 216 g/mol. The fourth-order valence-electron chi connectivity index (χ4n) is 1.79. The van der Waals surface area contributed by atoms with E-state index in [-0.39, 0.29) is 5.92 Å². The summed E-state index contributed by atoms with van der Waals surface area (Å²) in [6.07, 6.45) is 6.13. The van der Waals surface area contributed by atoms with Gasteiger partial charge in [0.2, 0.25) is 0 Å². The van der Waals surface area contributed by atoms with Crippen molar-refractivity contribution in [3.8, 4) is 0 Å². The van der Waals surface area contributed by atoms with Crippen molar-refractivity contribution in [2.75, 3.05) is 0 Å². The zero-order valence-corrected chi connectivity index (χ0v) is 10.1. The first-order chi connectivity index (χ1) is 6.90. The molecule has 0 saturated carbocycles. The Labute approximate surface area is 92.5 Å². The number of hydrogen-bond acceptors (Lipinski definition) is 2. The van der Waals surface area contributed by atoms with Gasteiger partial charge in [0.05, 0.1) is 0 Å². The van der Waals surface area contributed by atoms with Crippen molar-refractivity contribution in [1.82, 2.24) is 0 Å². The average Bonchev–Trinajstić information content (AvgIpc) is 2.11. The van der Waals surface area contributed by atoms with Crippen LogP contribution in [0.15, 0.2) is 0 Å². The van der Waals surface area contributed by atoms with Crippen LogP contribution in [0, 0.1) is 5.92 Å². The lowest BCUT2D eigenvalue weighted by Crippen LogP contribution is -2.36. The Morgan fingerprint density at radius 3 is 2.40 bits per heavy atom. The van der Waals surface area contributed by atoms with E-state index in [4.69, 9.17) is 5.11 Å². The van der Waals surface area contributed by atoms with Gasteiger partial charge in [0.15, 0.2) is 5.60 Å². The van der Waals surface area contributed by atoms with Crippen LogP contribution in [0.2, 0.25) is 0 Å². The van der Waals surface area contributed by atoms with Crippen LogP contribution in [-0.4, -0.2) is 21.8 Å². The maximum Gasteiger partial charge on any atom is 0.335 e. The Morgan fingerprint density at radius 2 is 1.93 bits per heavy atom. The summed E-state index contributed by atoms with van der Waals surface area (Å²) in [5.74, 6) is -0.851. The lowest BCUT2D eigenvalue weighted by atomic mass is 9.89. The van der Waals surface area contributed by atoms with Gasteiger partial charge in [0, 0.05) is 0 Å². The average molecular weight is 216 g/mol. The molecule has 0 aromatic carbocycles. The van der Waals surface area contributed by atoms with Crippen molar-refractivity contribution in [1.29, 1.82) is 0 Å². The molecule has 15 heavy (non-hydrogen) atoms. The Balaban J connectivity index is 3.73. The second-order valence-electron chi connectivity index (χ2n) is 4.74. The van der Waals surface area contributed by atoms with Gasteiger partial charge in [-0.05, 0) is 19.3 Å². The van der Waals surface area contributed by atoms with E-state index >= 15 is 0 Å². The van der Waals surface area contributed by atoms with Crippen LogP contribution < -0.4 is 0 Å². The summed E-state index contributed by atoms with van der Waals surface area (Å²) in [6.45, 7) is 5.54. The van der Waals surface area contributed by atoms with E-state index in [9.17, 15) is 9.90 Å². The van der Waals surface area contributed by atoms with Crippen LogP contribution in [0.3, 0.4) is 0 Å². The summed E-state index contributed by atoms with van der Waals surface area (Å²) in [7, 11) is 0. The minimum Gasteiger partial charge on any atom is -0.479 e. The SMILES string of the molecule is CCCCCCC(C)CC(C)(O)C(=O)O. The summed E-state index contributed by atoms with van der Waals surface area (Å²) in [6, 6.07) is 0. The topological polar surface area (TPSA) is 57.5 Å². The second kappa shape index (κ2) is 6.83. The van der Waals surface area contributed by atoms with Crippen LogP contribution in [0.4, 0.5) is 0 Å². The van der Waals surface area contributed by atoms with Gasteiger partial charge >= 0.3 is 5.97 Å². The molecule has 0 heterocycles. The number of unbranched alkanes of at least 4 members (excludes halogenated alkanes) is 3. The van der Waals surface area contributed by atoms with Gasteiger partial charge in [-0.2, -0.15) is 0 Å². The highest BCUT2D eigenvalue weighted by atomic mass is 16.4. The van der Waals surface area contributed by atoms with Crippen molar-refractivity contribution in [3.63, 3.8) is 0 Å². The fraction of sp³-hybridized carbons (Fsp3) is 0.917. The highest BCUT2D eigenvalue weighted by Crippen LogP contribution is 2.21. The molecular weight excluding hydrogens is 192 g/mol. The third kappa shape index (κ3) is 6.50. The molecule has 0 radical (unpaired) electrons. The molecule has 2 unspecified atom stereocenters. The first-order valence-corrected chi connectivity index (χ1v) is 5.86. The molecule has 0 aromatic rings. The van der Waals surface area contributed by atoms with Crippen LogP contribution in [0.1, 0.15) is 59.3 Å². The minimum absolute atomic E-state index is 0.271. The van der Waals surface area contributed by atoms with Crippen LogP contribution in [-0.2, 0) is 4.79 Å². The Kier molecular flexibility index (Phi) is 6.57. The minimum atomic E-state index is -1.57. The number of hydrogen-bond donors (Lipinski definition) is 2. The molecule has 0 bridgehead atoms. The molecule has 0 aliphatic carbocycles. The summed E-state index contributed by atoms with van der Waals surface area (Å²) in [5, 5.41) is 18.3. The quantitative estimate of drug-likeness (QED) is 0.613. The van der Waals surface area contributed by atoms with Crippen LogP contribution in [0.25, 0.3) is 0 Å². The van der Waals surface area contributed by atoms with Gasteiger partial charge in [0.1, 0.15) is 0 Å². The van der Waals surface area contributed by atoms with Gasteiger partial charge in [-0.15, -0.1) is 0 Å². The number of rotatable bonds is 8. The molecule has 2 atom stereocenters. The Bertz CT molecular complexity index is 187. The summed E-state index contributed by atoms with van der Waals surface area (Å²) in [4.78, 5) is 10.7.